The van der Waals surface area contributed by atoms with E-state index in [0.29, 0.717) is 17.8 Å². The summed E-state index contributed by atoms with van der Waals surface area (Å²) in [6.07, 6.45) is 2.25. The van der Waals surface area contributed by atoms with Crippen LogP contribution in [0.25, 0.3) is 21.9 Å². The molecule has 0 spiro atoms. The SMILES string of the molecule is CCc1cc2c(CSc3ncnc4ccccc34)cc(=O)oc2cc1O. The number of rotatable bonds is 4. The Labute approximate surface area is 153 Å². The minimum Gasteiger partial charge on any atom is -0.508 e. The molecule has 0 bridgehead atoms. The van der Waals surface area contributed by atoms with Gasteiger partial charge in [0.15, 0.2) is 0 Å². The molecule has 0 amide bonds. The van der Waals surface area contributed by atoms with Gasteiger partial charge in [-0.2, -0.15) is 0 Å². The van der Waals surface area contributed by atoms with E-state index in [2.05, 4.69) is 9.97 Å². The maximum absolute atomic E-state index is 11.9. The van der Waals surface area contributed by atoms with Crippen LogP contribution in [0.5, 0.6) is 5.75 Å². The smallest absolute Gasteiger partial charge is 0.336 e. The normalized spacial score (nSPS) is 11.3. The second-order valence-corrected chi connectivity index (χ2v) is 6.87. The average molecular weight is 364 g/mol. The molecule has 0 atom stereocenters. The number of thioether (sulfide) groups is 1. The van der Waals surface area contributed by atoms with Crippen LogP contribution in [0.15, 0.2) is 63.0 Å². The molecule has 4 rings (SSSR count). The van der Waals surface area contributed by atoms with Gasteiger partial charge in [-0.25, -0.2) is 14.8 Å². The molecule has 2 aromatic carbocycles. The molecule has 0 aliphatic rings. The van der Waals surface area contributed by atoms with E-state index in [-0.39, 0.29) is 5.75 Å². The number of aryl methyl sites for hydroxylation is 1. The number of fused-ring (bicyclic) bond motifs is 2. The first-order valence-corrected chi connectivity index (χ1v) is 9.25. The van der Waals surface area contributed by atoms with E-state index in [9.17, 15) is 9.90 Å². The number of aromatic nitrogens is 2. The summed E-state index contributed by atoms with van der Waals surface area (Å²) in [7, 11) is 0. The van der Waals surface area contributed by atoms with E-state index < -0.39 is 5.63 Å². The van der Waals surface area contributed by atoms with Crippen LogP contribution < -0.4 is 5.63 Å². The summed E-state index contributed by atoms with van der Waals surface area (Å²) in [5.74, 6) is 0.714. The van der Waals surface area contributed by atoms with Crippen molar-refractivity contribution in [1.29, 1.82) is 0 Å². The van der Waals surface area contributed by atoms with Crippen LogP contribution >= 0.6 is 11.8 Å². The maximum atomic E-state index is 11.9. The summed E-state index contributed by atoms with van der Waals surface area (Å²) in [5, 5.41) is 12.7. The third kappa shape index (κ3) is 3.04. The van der Waals surface area contributed by atoms with E-state index in [1.54, 1.807) is 18.1 Å². The van der Waals surface area contributed by atoms with Gasteiger partial charge < -0.3 is 9.52 Å². The number of aromatic hydroxyl groups is 1. The summed E-state index contributed by atoms with van der Waals surface area (Å²) in [6, 6.07) is 12.8. The van der Waals surface area contributed by atoms with E-state index in [1.807, 2.05) is 37.3 Å². The predicted octanol–water partition coefficient (Wildman–Crippen LogP) is 4.30. The lowest BCUT2D eigenvalue weighted by molar-refractivity contribution is 0.466. The zero-order chi connectivity index (χ0) is 18.1. The van der Waals surface area contributed by atoms with Crippen LogP contribution in [0.4, 0.5) is 0 Å². The molecule has 0 radical (unpaired) electrons. The average Bonchev–Trinajstić information content (AvgIpc) is 2.65. The fourth-order valence-electron chi connectivity index (χ4n) is 2.95. The lowest BCUT2D eigenvalue weighted by atomic mass is 10.1. The van der Waals surface area contributed by atoms with Crippen LogP contribution in [-0.4, -0.2) is 15.1 Å². The molecule has 0 saturated carbocycles. The molecule has 0 saturated heterocycles. The Morgan fingerprint density at radius 2 is 1.92 bits per heavy atom. The van der Waals surface area contributed by atoms with Crippen LogP contribution in [0, 0.1) is 0 Å². The Morgan fingerprint density at radius 3 is 2.77 bits per heavy atom. The molecule has 1 N–H and O–H groups in total. The molecule has 2 aromatic heterocycles. The number of phenols is 1. The van der Waals surface area contributed by atoms with Gasteiger partial charge in [0.25, 0.3) is 0 Å². The fraction of sp³-hybridized carbons (Fsp3) is 0.150. The van der Waals surface area contributed by atoms with Gasteiger partial charge in [-0.15, -0.1) is 11.8 Å². The molecule has 0 aliphatic carbocycles. The van der Waals surface area contributed by atoms with Gasteiger partial charge >= 0.3 is 5.63 Å². The minimum atomic E-state index is -0.427. The highest BCUT2D eigenvalue weighted by Gasteiger charge is 2.12. The zero-order valence-corrected chi connectivity index (χ0v) is 14.9. The summed E-state index contributed by atoms with van der Waals surface area (Å²) >= 11 is 1.55. The van der Waals surface area contributed by atoms with Crippen molar-refractivity contribution >= 4 is 33.6 Å². The zero-order valence-electron chi connectivity index (χ0n) is 14.1. The molecule has 0 fully saturated rings. The molecular formula is C20H16N2O3S. The van der Waals surface area contributed by atoms with Crippen LogP contribution in [-0.2, 0) is 12.2 Å². The van der Waals surface area contributed by atoms with Gasteiger partial charge in [0.05, 0.1) is 5.52 Å². The van der Waals surface area contributed by atoms with Crippen molar-refractivity contribution in [3.05, 3.63) is 70.3 Å². The first-order chi connectivity index (χ1) is 12.7. The topological polar surface area (TPSA) is 76.2 Å². The fourth-order valence-corrected chi connectivity index (χ4v) is 3.93. The highest BCUT2D eigenvalue weighted by atomic mass is 32.2. The number of para-hydroxylation sites is 1. The number of phenolic OH excluding ortho intramolecular Hbond substituents is 1. The minimum absolute atomic E-state index is 0.148. The van der Waals surface area contributed by atoms with Crippen molar-refractivity contribution in [2.75, 3.05) is 0 Å². The Morgan fingerprint density at radius 1 is 1.08 bits per heavy atom. The van der Waals surface area contributed by atoms with Crippen molar-refractivity contribution in [2.45, 2.75) is 24.1 Å². The lowest BCUT2D eigenvalue weighted by Gasteiger charge is -2.09. The molecule has 5 nitrogen and oxygen atoms in total. The van der Waals surface area contributed by atoms with Crippen molar-refractivity contribution in [1.82, 2.24) is 9.97 Å². The Kier molecular flexibility index (Phi) is 4.34. The van der Waals surface area contributed by atoms with Crippen molar-refractivity contribution in [2.24, 2.45) is 0 Å². The quantitative estimate of drug-likeness (QED) is 0.331. The summed E-state index contributed by atoms with van der Waals surface area (Å²) in [6.45, 7) is 1.97. The van der Waals surface area contributed by atoms with Gasteiger partial charge in [0.1, 0.15) is 22.7 Å². The van der Waals surface area contributed by atoms with Gasteiger partial charge in [0, 0.05) is 28.7 Å². The molecule has 130 valence electrons. The van der Waals surface area contributed by atoms with Gasteiger partial charge in [0.2, 0.25) is 0 Å². The third-order valence-electron chi connectivity index (χ3n) is 4.28. The molecule has 0 aliphatic heterocycles. The maximum Gasteiger partial charge on any atom is 0.336 e. The first kappa shape index (κ1) is 16.6. The second-order valence-electron chi connectivity index (χ2n) is 5.91. The molecule has 26 heavy (non-hydrogen) atoms. The standard InChI is InChI=1S/C20H16N2O3S/c1-2-12-7-15-13(8-19(24)25-18(15)9-17(12)23)10-26-20-14-5-3-4-6-16(14)21-11-22-20/h3-9,11,23H,2,10H2,1H3. The summed E-state index contributed by atoms with van der Waals surface area (Å²) < 4.78 is 5.25. The van der Waals surface area contributed by atoms with E-state index in [0.717, 1.165) is 32.4 Å². The molecule has 2 heterocycles. The largest absolute Gasteiger partial charge is 0.508 e. The second kappa shape index (κ2) is 6.80. The Bertz CT molecular complexity index is 1170. The van der Waals surface area contributed by atoms with Crippen molar-refractivity contribution in [3.63, 3.8) is 0 Å². The van der Waals surface area contributed by atoms with Crippen LogP contribution in [0.3, 0.4) is 0 Å². The number of hydrogen-bond acceptors (Lipinski definition) is 6. The highest BCUT2D eigenvalue weighted by Crippen LogP contribution is 2.32. The number of benzene rings is 2. The van der Waals surface area contributed by atoms with Gasteiger partial charge in [-0.05, 0) is 29.7 Å². The summed E-state index contributed by atoms with van der Waals surface area (Å²) in [4.78, 5) is 20.6. The van der Waals surface area contributed by atoms with E-state index in [4.69, 9.17) is 4.42 Å². The lowest BCUT2D eigenvalue weighted by Crippen LogP contribution is -2.01. The monoisotopic (exact) mass is 364 g/mol. The third-order valence-corrected chi connectivity index (χ3v) is 5.34. The highest BCUT2D eigenvalue weighted by molar-refractivity contribution is 7.98. The van der Waals surface area contributed by atoms with E-state index >= 15 is 0 Å². The molecular weight excluding hydrogens is 348 g/mol. The van der Waals surface area contributed by atoms with Gasteiger partial charge in [-0.1, -0.05) is 25.1 Å². The number of hydrogen-bond donors (Lipinski definition) is 1. The van der Waals surface area contributed by atoms with Crippen molar-refractivity contribution < 1.29 is 9.52 Å². The summed E-state index contributed by atoms with van der Waals surface area (Å²) in [5.41, 5.74) is 2.55. The van der Waals surface area contributed by atoms with E-state index in [1.165, 1.54) is 12.1 Å². The molecule has 0 unspecified atom stereocenters. The molecule has 4 aromatic rings. The Hall–Kier alpha value is -2.86. The van der Waals surface area contributed by atoms with Crippen LogP contribution in [0.1, 0.15) is 18.1 Å². The van der Waals surface area contributed by atoms with Gasteiger partial charge in [-0.3, -0.25) is 0 Å². The van der Waals surface area contributed by atoms with Crippen molar-refractivity contribution in [3.8, 4) is 5.75 Å². The number of nitrogens with zero attached hydrogens (tertiary/aromatic N) is 2. The Balaban J connectivity index is 1.76. The van der Waals surface area contributed by atoms with Crippen LogP contribution in [0.2, 0.25) is 0 Å². The molecule has 6 heteroatoms. The first-order valence-electron chi connectivity index (χ1n) is 8.27. The predicted molar refractivity (Wildman–Crippen MR) is 103 cm³/mol.